The van der Waals surface area contributed by atoms with E-state index < -0.39 is 0 Å². The number of ketones is 1. The Kier molecular flexibility index (Phi) is 5.46. The average Bonchev–Trinajstić information content (AvgIpc) is 2.64. The van der Waals surface area contributed by atoms with Crippen molar-refractivity contribution >= 4 is 11.7 Å². The first-order chi connectivity index (χ1) is 8.15. The topological polar surface area (TPSA) is 55.4 Å². The van der Waals surface area contributed by atoms with Crippen molar-refractivity contribution in [3.63, 3.8) is 0 Å². The zero-order valence-electron chi connectivity index (χ0n) is 10.3. The van der Waals surface area contributed by atoms with Crippen LogP contribution in [0.5, 0.6) is 0 Å². The number of carbonyl (C=O) groups excluding carboxylic acids is 2. The van der Waals surface area contributed by atoms with Crippen LogP contribution in [-0.4, -0.2) is 24.8 Å². The highest BCUT2D eigenvalue weighted by atomic mass is 16.5. The zero-order valence-corrected chi connectivity index (χ0v) is 10.3. The van der Waals surface area contributed by atoms with Crippen LogP contribution in [0.25, 0.3) is 0 Å². The smallest absolute Gasteiger partial charge is 0.243 e. The summed E-state index contributed by atoms with van der Waals surface area (Å²) in [6.45, 7) is 6.44. The Bertz CT molecular complexity index is 345. The van der Waals surface area contributed by atoms with Crippen molar-refractivity contribution in [1.29, 1.82) is 0 Å². The van der Waals surface area contributed by atoms with E-state index in [0.717, 1.165) is 24.8 Å². The van der Waals surface area contributed by atoms with Gasteiger partial charge in [-0.25, -0.2) is 0 Å². The zero-order chi connectivity index (χ0) is 12.7. The van der Waals surface area contributed by atoms with Gasteiger partial charge in [0.1, 0.15) is 0 Å². The summed E-state index contributed by atoms with van der Waals surface area (Å²) in [6, 6.07) is 0. The van der Waals surface area contributed by atoms with Gasteiger partial charge < -0.3 is 10.1 Å². The SMILES string of the molecule is C=CC(=O)NCCCCOC1=C(C)CCC1=O. The Morgan fingerprint density at radius 1 is 1.47 bits per heavy atom. The van der Waals surface area contributed by atoms with Crippen molar-refractivity contribution < 1.29 is 14.3 Å². The number of allylic oxidation sites excluding steroid dienone is 2. The third-order valence-electron chi connectivity index (χ3n) is 2.67. The van der Waals surface area contributed by atoms with Crippen LogP contribution < -0.4 is 5.32 Å². The number of unbranched alkanes of at least 4 members (excludes halogenated alkanes) is 1. The summed E-state index contributed by atoms with van der Waals surface area (Å²) in [4.78, 5) is 22.2. The highest BCUT2D eigenvalue weighted by molar-refractivity contribution is 5.96. The van der Waals surface area contributed by atoms with Crippen LogP contribution >= 0.6 is 0 Å². The molecule has 0 spiro atoms. The van der Waals surface area contributed by atoms with Crippen LogP contribution in [0, 0.1) is 0 Å². The molecule has 0 radical (unpaired) electrons. The molecule has 4 heteroatoms. The summed E-state index contributed by atoms with van der Waals surface area (Å²) < 4.78 is 5.46. The van der Waals surface area contributed by atoms with E-state index in [4.69, 9.17) is 4.74 Å². The number of hydrogen-bond donors (Lipinski definition) is 1. The van der Waals surface area contributed by atoms with E-state index in [0.29, 0.717) is 25.3 Å². The summed E-state index contributed by atoms with van der Waals surface area (Å²) in [5, 5.41) is 2.69. The molecule has 0 bridgehead atoms. The quantitative estimate of drug-likeness (QED) is 0.542. The lowest BCUT2D eigenvalue weighted by molar-refractivity contribution is -0.118. The van der Waals surface area contributed by atoms with Gasteiger partial charge >= 0.3 is 0 Å². The van der Waals surface area contributed by atoms with Crippen molar-refractivity contribution in [3.05, 3.63) is 24.0 Å². The first-order valence-electron chi connectivity index (χ1n) is 5.91. The minimum absolute atomic E-state index is 0.113. The molecular formula is C13H19NO3. The normalized spacial score (nSPS) is 15.0. The van der Waals surface area contributed by atoms with Crippen LogP contribution in [0.3, 0.4) is 0 Å². The fourth-order valence-corrected chi connectivity index (χ4v) is 1.65. The molecule has 0 aromatic carbocycles. The molecule has 17 heavy (non-hydrogen) atoms. The molecule has 1 rings (SSSR count). The molecule has 0 aromatic rings. The molecule has 1 amide bonds. The standard InChI is InChI=1S/C13H19NO3/c1-3-12(16)14-8-4-5-9-17-13-10(2)6-7-11(13)15/h3H,1,4-9H2,2H3,(H,14,16). The lowest BCUT2D eigenvalue weighted by Gasteiger charge is -2.07. The van der Waals surface area contributed by atoms with Gasteiger partial charge in [0.25, 0.3) is 0 Å². The molecular weight excluding hydrogens is 218 g/mol. The summed E-state index contributed by atoms with van der Waals surface area (Å²) in [7, 11) is 0. The lowest BCUT2D eigenvalue weighted by atomic mass is 10.3. The predicted octanol–water partition coefficient (Wildman–Crippen LogP) is 1.72. The fourth-order valence-electron chi connectivity index (χ4n) is 1.65. The van der Waals surface area contributed by atoms with Crippen LogP contribution in [-0.2, 0) is 14.3 Å². The summed E-state index contributed by atoms with van der Waals surface area (Å²) >= 11 is 0. The van der Waals surface area contributed by atoms with Gasteiger partial charge in [0.2, 0.25) is 5.91 Å². The van der Waals surface area contributed by atoms with Crippen molar-refractivity contribution in [2.45, 2.75) is 32.6 Å². The molecule has 4 nitrogen and oxygen atoms in total. The summed E-state index contributed by atoms with van der Waals surface area (Å²) in [5.41, 5.74) is 1.05. The monoisotopic (exact) mass is 237 g/mol. The second-order valence-corrected chi connectivity index (χ2v) is 4.08. The molecule has 0 aromatic heterocycles. The van der Waals surface area contributed by atoms with E-state index in [-0.39, 0.29) is 11.7 Å². The Morgan fingerprint density at radius 2 is 2.24 bits per heavy atom. The molecule has 1 aliphatic rings. The molecule has 0 aliphatic heterocycles. The van der Waals surface area contributed by atoms with Crippen LogP contribution in [0.1, 0.15) is 32.6 Å². The van der Waals surface area contributed by atoms with E-state index in [1.165, 1.54) is 6.08 Å². The number of ether oxygens (including phenoxy) is 1. The molecule has 0 unspecified atom stereocenters. The molecule has 0 saturated heterocycles. The second-order valence-electron chi connectivity index (χ2n) is 4.08. The van der Waals surface area contributed by atoms with Gasteiger partial charge in [0.05, 0.1) is 6.61 Å². The van der Waals surface area contributed by atoms with Gasteiger partial charge in [-0.1, -0.05) is 6.58 Å². The molecule has 1 N–H and O–H groups in total. The van der Waals surface area contributed by atoms with Crippen molar-refractivity contribution in [1.82, 2.24) is 5.32 Å². The maximum Gasteiger partial charge on any atom is 0.243 e. The first-order valence-corrected chi connectivity index (χ1v) is 5.91. The summed E-state index contributed by atoms with van der Waals surface area (Å²) in [6.07, 6.45) is 4.31. The van der Waals surface area contributed by atoms with E-state index >= 15 is 0 Å². The number of hydrogen-bond acceptors (Lipinski definition) is 3. The van der Waals surface area contributed by atoms with E-state index in [2.05, 4.69) is 11.9 Å². The molecule has 94 valence electrons. The van der Waals surface area contributed by atoms with Gasteiger partial charge in [-0.05, 0) is 37.8 Å². The molecule has 1 aliphatic carbocycles. The summed E-state index contributed by atoms with van der Waals surface area (Å²) in [5.74, 6) is 0.512. The molecule has 0 heterocycles. The largest absolute Gasteiger partial charge is 0.490 e. The number of rotatable bonds is 7. The van der Waals surface area contributed by atoms with E-state index in [9.17, 15) is 9.59 Å². The Morgan fingerprint density at radius 3 is 2.82 bits per heavy atom. The Labute approximate surface area is 102 Å². The minimum Gasteiger partial charge on any atom is -0.490 e. The number of carbonyl (C=O) groups is 2. The minimum atomic E-state index is -0.157. The van der Waals surface area contributed by atoms with Crippen LogP contribution in [0.15, 0.2) is 24.0 Å². The number of Topliss-reactive ketones (excluding diaryl/α,β-unsaturated/α-hetero) is 1. The van der Waals surface area contributed by atoms with Crippen molar-refractivity contribution in [2.24, 2.45) is 0 Å². The maximum absolute atomic E-state index is 11.4. The number of nitrogens with one attached hydrogen (secondary N) is 1. The van der Waals surface area contributed by atoms with Gasteiger partial charge in [0.15, 0.2) is 11.5 Å². The third-order valence-corrected chi connectivity index (χ3v) is 2.67. The Hall–Kier alpha value is -1.58. The van der Waals surface area contributed by atoms with Gasteiger partial charge in [-0.2, -0.15) is 0 Å². The van der Waals surface area contributed by atoms with Gasteiger partial charge in [0, 0.05) is 13.0 Å². The highest BCUT2D eigenvalue weighted by Crippen LogP contribution is 2.23. The fraction of sp³-hybridized carbons (Fsp3) is 0.538. The van der Waals surface area contributed by atoms with Gasteiger partial charge in [-0.3, -0.25) is 9.59 Å². The first kappa shape index (κ1) is 13.5. The lowest BCUT2D eigenvalue weighted by Crippen LogP contribution is -2.22. The van der Waals surface area contributed by atoms with Crippen molar-refractivity contribution in [2.75, 3.05) is 13.2 Å². The second kappa shape index (κ2) is 6.89. The van der Waals surface area contributed by atoms with E-state index in [1.807, 2.05) is 6.92 Å². The Balaban J connectivity index is 2.09. The highest BCUT2D eigenvalue weighted by Gasteiger charge is 2.21. The predicted molar refractivity (Wildman–Crippen MR) is 65.3 cm³/mol. The third kappa shape index (κ3) is 4.43. The molecule has 0 atom stereocenters. The van der Waals surface area contributed by atoms with Gasteiger partial charge in [-0.15, -0.1) is 0 Å². The van der Waals surface area contributed by atoms with Crippen LogP contribution in [0.4, 0.5) is 0 Å². The molecule has 0 saturated carbocycles. The molecule has 0 fully saturated rings. The average molecular weight is 237 g/mol. The van der Waals surface area contributed by atoms with Crippen LogP contribution in [0.2, 0.25) is 0 Å². The van der Waals surface area contributed by atoms with E-state index in [1.54, 1.807) is 0 Å². The maximum atomic E-state index is 11.4. The number of amides is 1. The van der Waals surface area contributed by atoms with Crippen molar-refractivity contribution in [3.8, 4) is 0 Å².